The number of rotatable bonds is 4. The largest absolute Gasteiger partial charge is 0.347 e. The van der Waals surface area contributed by atoms with E-state index in [0.717, 1.165) is 10.9 Å². The van der Waals surface area contributed by atoms with Crippen molar-refractivity contribution in [3.8, 4) is 0 Å². The molecule has 2 amide bonds. The van der Waals surface area contributed by atoms with E-state index in [1.807, 2.05) is 29.0 Å². The minimum Gasteiger partial charge on any atom is -0.347 e. The van der Waals surface area contributed by atoms with Crippen molar-refractivity contribution in [3.05, 3.63) is 70.9 Å². The maximum absolute atomic E-state index is 12.2. The summed E-state index contributed by atoms with van der Waals surface area (Å²) >= 11 is 5.96. The van der Waals surface area contributed by atoms with E-state index >= 15 is 0 Å². The van der Waals surface area contributed by atoms with Crippen molar-refractivity contribution >= 4 is 40.3 Å². The first kappa shape index (κ1) is 16.4. The molecule has 1 aliphatic heterocycles. The molecule has 0 radical (unpaired) electrons. The second-order valence-corrected chi connectivity index (χ2v) is 6.31. The number of imide groups is 1. The maximum Gasteiger partial charge on any atom is 0.335 e. The summed E-state index contributed by atoms with van der Waals surface area (Å²) in [6.45, 7) is 0.354. The van der Waals surface area contributed by atoms with Gasteiger partial charge in [-0.3, -0.25) is 9.59 Å². The van der Waals surface area contributed by atoms with Gasteiger partial charge in [0.15, 0.2) is 0 Å². The third-order valence-corrected chi connectivity index (χ3v) is 4.47. The highest BCUT2D eigenvalue weighted by atomic mass is 35.5. The number of carbonyl (C=O) groups is 3. The van der Waals surface area contributed by atoms with Crippen LogP contribution in [0.2, 0.25) is 5.02 Å². The summed E-state index contributed by atoms with van der Waals surface area (Å²) in [5.41, 5.74) is 1.40. The molecular weight excluding hydrogens is 356 g/mol. The minimum atomic E-state index is -0.657. The number of benzene rings is 2. The summed E-state index contributed by atoms with van der Waals surface area (Å²) in [5.74, 6) is -1.91. The van der Waals surface area contributed by atoms with Gasteiger partial charge < -0.3 is 9.40 Å². The van der Waals surface area contributed by atoms with Gasteiger partial charge in [-0.1, -0.05) is 28.8 Å². The van der Waals surface area contributed by atoms with E-state index in [0.29, 0.717) is 16.6 Å². The number of fused-ring (bicyclic) bond motifs is 2. The minimum absolute atomic E-state index is 0.0137. The van der Waals surface area contributed by atoms with Gasteiger partial charge in [-0.25, -0.2) is 4.79 Å². The fraction of sp³-hybridized carbons (Fsp3) is 0.105. The van der Waals surface area contributed by atoms with Crippen LogP contribution in [0.15, 0.2) is 54.7 Å². The van der Waals surface area contributed by atoms with Crippen molar-refractivity contribution in [1.82, 2.24) is 9.63 Å². The lowest BCUT2D eigenvalue weighted by molar-refractivity contribution is -0.168. The molecule has 4 rings (SSSR count). The molecule has 130 valence electrons. The number of halogens is 1. The van der Waals surface area contributed by atoms with E-state index in [-0.39, 0.29) is 17.5 Å². The molecule has 1 aromatic heterocycles. The third-order valence-electron chi connectivity index (χ3n) is 4.24. The van der Waals surface area contributed by atoms with Crippen LogP contribution in [0.3, 0.4) is 0 Å². The van der Waals surface area contributed by atoms with Crippen molar-refractivity contribution in [3.63, 3.8) is 0 Å². The first-order valence-electron chi connectivity index (χ1n) is 7.97. The van der Waals surface area contributed by atoms with Crippen LogP contribution in [-0.2, 0) is 16.2 Å². The summed E-state index contributed by atoms with van der Waals surface area (Å²) in [6, 6.07) is 13.7. The zero-order valence-corrected chi connectivity index (χ0v) is 14.3. The number of hydrogen-bond donors (Lipinski definition) is 0. The molecule has 0 saturated carbocycles. The first-order valence-corrected chi connectivity index (χ1v) is 8.35. The monoisotopic (exact) mass is 368 g/mol. The molecule has 1 aliphatic rings. The zero-order chi connectivity index (χ0) is 18.3. The van der Waals surface area contributed by atoms with Crippen LogP contribution in [0.25, 0.3) is 10.9 Å². The Balaban J connectivity index is 1.43. The smallest absolute Gasteiger partial charge is 0.335 e. The number of aromatic nitrogens is 1. The number of amides is 2. The van der Waals surface area contributed by atoms with Crippen LogP contribution in [-0.4, -0.2) is 27.4 Å². The summed E-state index contributed by atoms with van der Waals surface area (Å²) in [5, 5.41) is 2.13. The van der Waals surface area contributed by atoms with Gasteiger partial charge in [-0.05, 0) is 36.4 Å². The molecule has 0 unspecified atom stereocenters. The molecule has 3 aromatic rings. The number of hydrogen-bond acceptors (Lipinski definition) is 4. The third kappa shape index (κ3) is 2.74. The molecular formula is C19H13ClN2O4. The fourth-order valence-corrected chi connectivity index (χ4v) is 3.16. The van der Waals surface area contributed by atoms with Gasteiger partial charge in [0.2, 0.25) is 0 Å². The van der Waals surface area contributed by atoms with Crippen LogP contribution in [0, 0.1) is 0 Å². The average Bonchev–Trinajstić information content (AvgIpc) is 3.14. The van der Waals surface area contributed by atoms with Crippen molar-refractivity contribution in [2.45, 2.75) is 13.0 Å². The van der Waals surface area contributed by atoms with E-state index in [1.54, 1.807) is 18.2 Å². The number of nitrogens with zero attached hydrogens (tertiary/aromatic N) is 2. The van der Waals surface area contributed by atoms with E-state index < -0.39 is 17.8 Å². The molecule has 0 saturated heterocycles. The van der Waals surface area contributed by atoms with Crippen molar-refractivity contribution in [2.24, 2.45) is 0 Å². The normalized spacial score (nSPS) is 13.3. The Labute approximate surface area is 153 Å². The van der Waals surface area contributed by atoms with Gasteiger partial charge in [0.25, 0.3) is 11.8 Å². The van der Waals surface area contributed by atoms with Crippen LogP contribution in [0.1, 0.15) is 27.1 Å². The number of hydroxylamine groups is 2. The average molecular weight is 369 g/mol. The first-order chi connectivity index (χ1) is 12.5. The summed E-state index contributed by atoms with van der Waals surface area (Å²) in [6.07, 6.45) is 1.86. The predicted octanol–water partition coefficient (Wildman–Crippen LogP) is 3.44. The highest BCUT2D eigenvalue weighted by Gasteiger charge is 2.38. The lowest BCUT2D eigenvalue weighted by Gasteiger charge is -2.13. The van der Waals surface area contributed by atoms with Gasteiger partial charge >= 0.3 is 5.97 Å². The summed E-state index contributed by atoms with van der Waals surface area (Å²) < 4.78 is 1.88. The predicted molar refractivity (Wildman–Crippen MR) is 94.6 cm³/mol. The molecule has 6 nitrogen and oxygen atoms in total. The second kappa shape index (κ2) is 6.31. The summed E-state index contributed by atoms with van der Waals surface area (Å²) in [4.78, 5) is 41.5. The Morgan fingerprint density at radius 2 is 1.69 bits per heavy atom. The van der Waals surface area contributed by atoms with E-state index in [4.69, 9.17) is 16.4 Å². The standard InChI is InChI=1S/C19H13ClN2O4/c20-13-5-6-16-12(11-13)7-9-21(16)10-8-17(23)26-22-18(24)14-3-1-2-4-15(14)19(22)25/h1-7,9,11H,8,10H2. The highest BCUT2D eigenvalue weighted by Crippen LogP contribution is 2.23. The van der Waals surface area contributed by atoms with Gasteiger partial charge in [0.1, 0.15) is 0 Å². The molecule has 0 spiro atoms. The Bertz CT molecular complexity index is 1020. The molecule has 7 heteroatoms. The van der Waals surface area contributed by atoms with Gasteiger partial charge in [0.05, 0.1) is 17.5 Å². The number of aryl methyl sites for hydroxylation is 1. The molecule has 26 heavy (non-hydrogen) atoms. The molecule has 0 atom stereocenters. The molecule has 0 bridgehead atoms. The van der Waals surface area contributed by atoms with Crippen molar-refractivity contribution in [1.29, 1.82) is 0 Å². The van der Waals surface area contributed by atoms with Crippen molar-refractivity contribution < 1.29 is 19.2 Å². The highest BCUT2D eigenvalue weighted by molar-refractivity contribution is 6.31. The van der Waals surface area contributed by atoms with Crippen molar-refractivity contribution in [2.75, 3.05) is 0 Å². The van der Waals surface area contributed by atoms with Crippen LogP contribution in [0.4, 0.5) is 0 Å². The molecule has 2 aromatic carbocycles. The molecule has 0 aliphatic carbocycles. The Morgan fingerprint density at radius 1 is 1.00 bits per heavy atom. The van der Waals surface area contributed by atoms with E-state index in [1.165, 1.54) is 12.1 Å². The zero-order valence-electron chi connectivity index (χ0n) is 13.5. The van der Waals surface area contributed by atoms with Gasteiger partial charge in [-0.15, -0.1) is 0 Å². The SMILES string of the molecule is O=C(CCn1ccc2cc(Cl)ccc21)ON1C(=O)c2ccccc2C1=O. The van der Waals surface area contributed by atoms with E-state index in [2.05, 4.69) is 0 Å². The quantitative estimate of drug-likeness (QED) is 0.661. The maximum atomic E-state index is 12.2. The van der Waals surface area contributed by atoms with Crippen LogP contribution in [0.5, 0.6) is 0 Å². The lowest BCUT2D eigenvalue weighted by Crippen LogP contribution is -2.32. The van der Waals surface area contributed by atoms with Crippen LogP contribution < -0.4 is 0 Å². The second-order valence-electron chi connectivity index (χ2n) is 5.88. The topological polar surface area (TPSA) is 68.6 Å². The molecule has 2 heterocycles. The van der Waals surface area contributed by atoms with Crippen LogP contribution >= 0.6 is 11.6 Å². The molecule has 0 N–H and O–H groups in total. The van der Waals surface area contributed by atoms with Gasteiger partial charge in [-0.2, -0.15) is 0 Å². The Kier molecular flexibility index (Phi) is 3.97. The fourth-order valence-electron chi connectivity index (χ4n) is 2.98. The van der Waals surface area contributed by atoms with E-state index in [9.17, 15) is 14.4 Å². The Hall–Kier alpha value is -3.12. The Morgan fingerprint density at radius 3 is 2.38 bits per heavy atom. The lowest BCUT2D eigenvalue weighted by atomic mass is 10.1. The summed E-state index contributed by atoms with van der Waals surface area (Å²) in [7, 11) is 0. The number of carbonyl (C=O) groups excluding carboxylic acids is 3. The molecule has 0 fully saturated rings. The van der Waals surface area contributed by atoms with Gasteiger partial charge in [0, 0.05) is 28.7 Å².